The van der Waals surface area contributed by atoms with Gasteiger partial charge in [-0.3, -0.25) is 9.59 Å². The van der Waals surface area contributed by atoms with Crippen LogP contribution in [0.2, 0.25) is 5.02 Å². The predicted molar refractivity (Wildman–Crippen MR) is 90.1 cm³/mol. The molecule has 0 aliphatic heterocycles. The van der Waals surface area contributed by atoms with E-state index in [0.717, 1.165) is 0 Å². The van der Waals surface area contributed by atoms with E-state index in [9.17, 15) is 14.9 Å². The zero-order valence-electron chi connectivity index (χ0n) is 12.3. The van der Waals surface area contributed by atoms with Crippen LogP contribution in [0.25, 0.3) is 6.08 Å². The summed E-state index contributed by atoms with van der Waals surface area (Å²) >= 11 is 5.79. The number of anilines is 1. The number of nitriles is 1. The summed E-state index contributed by atoms with van der Waals surface area (Å²) in [6, 6.07) is 15.1. The number of allylic oxidation sites excluding steroid dienone is 1. The van der Waals surface area contributed by atoms with Gasteiger partial charge in [0, 0.05) is 23.2 Å². The van der Waals surface area contributed by atoms with Crippen LogP contribution in [0.5, 0.6) is 0 Å². The number of carbonyl (C=O) groups excluding carboxylic acids is 2. The lowest BCUT2D eigenvalue weighted by molar-refractivity contribution is -0.114. The molecular formula is C18H13ClN2O2. The molecule has 2 rings (SSSR count). The standard InChI is InChI=1S/C18H13ClN2O2/c1-12(22)21-17-8-2-13(3-9-17)10-15(11-20)18(23)14-4-6-16(19)7-5-14/h2-10H,1H3,(H,21,22)/b15-10+. The molecule has 0 atom stereocenters. The van der Waals surface area contributed by atoms with Crippen molar-refractivity contribution in [3.05, 3.63) is 70.3 Å². The highest BCUT2D eigenvalue weighted by atomic mass is 35.5. The average molecular weight is 325 g/mol. The fourth-order valence-corrected chi connectivity index (χ4v) is 2.06. The molecule has 0 unspecified atom stereocenters. The molecule has 0 saturated heterocycles. The molecule has 23 heavy (non-hydrogen) atoms. The molecule has 0 aliphatic carbocycles. The predicted octanol–water partition coefficient (Wildman–Crippen LogP) is 4.09. The van der Waals surface area contributed by atoms with Crippen molar-refractivity contribution in [1.82, 2.24) is 0 Å². The van der Waals surface area contributed by atoms with Crippen LogP contribution in [0, 0.1) is 11.3 Å². The number of amides is 1. The molecule has 5 heteroatoms. The number of hydrogen-bond donors (Lipinski definition) is 1. The van der Waals surface area contributed by atoms with Crippen molar-refractivity contribution in [2.45, 2.75) is 6.92 Å². The maximum atomic E-state index is 12.3. The fourth-order valence-electron chi connectivity index (χ4n) is 1.94. The van der Waals surface area contributed by atoms with Crippen LogP contribution < -0.4 is 5.32 Å². The van der Waals surface area contributed by atoms with Crippen molar-refractivity contribution in [1.29, 1.82) is 5.26 Å². The van der Waals surface area contributed by atoms with Crippen molar-refractivity contribution in [3.63, 3.8) is 0 Å². The molecule has 0 bridgehead atoms. The lowest BCUT2D eigenvalue weighted by Gasteiger charge is -2.03. The minimum atomic E-state index is -0.366. The molecule has 1 amide bonds. The van der Waals surface area contributed by atoms with Crippen LogP contribution in [0.1, 0.15) is 22.8 Å². The van der Waals surface area contributed by atoms with Gasteiger partial charge in [-0.1, -0.05) is 23.7 Å². The van der Waals surface area contributed by atoms with Crippen molar-refractivity contribution in [2.24, 2.45) is 0 Å². The van der Waals surface area contributed by atoms with Crippen LogP contribution in [0.15, 0.2) is 54.1 Å². The highest BCUT2D eigenvalue weighted by Crippen LogP contribution is 2.17. The molecule has 0 heterocycles. The maximum absolute atomic E-state index is 12.3. The number of carbonyl (C=O) groups is 2. The number of ketones is 1. The monoisotopic (exact) mass is 324 g/mol. The molecule has 2 aromatic carbocycles. The Kier molecular flexibility index (Phi) is 5.29. The Bertz CT molecular complexity index is 800. The van der Waals surface area contributed by atoms with Gasteiger partial charge >= 0.3 is 0 Å². The summed E-state index contributed by atoms with van der Waals surface area (Å²) in [6.07, 6.45) is 1.51. The molecule has 4 nitrogen and oxygen atoms in total. The first-order chi connectivity index (χ1) is 11.0. The normalized spacial score (nSPS) is 10.7. The number of rotatable bonds is 4. The lowest BCUT2D eigenvalue weighted by Crippen LogP contribution is -2.05. The highest BCUT2D eigenvalue weighted by molar-refractivity contribution is 6.30. The molecule has 0 radical (unpaired) electrons. The van der Waals surface area contributed by atoms with Crippen LogP contribution >= 0.6 is 11.6 Å². The van der Waals surface area contributed by atoms with Gasteiger partial charge in [0.05, 0.1) is 0 Å². The van der Waals surface area contributed by atoms with Gasteiger partial charge in [-0.05, 0) is 48.0 Å². The smallest absolute Gasteiger partial charge is 0.221 e. The second-order valence-electron chi connectivity index (χ2n) is 4.81. The van der Waals surface area contributed by atoms with Gasteiger partial charge in [0.15, 0.2) is 0 Å². The van der Waals surface area contributed by atoms with Crippen LogP contribution in [-0.2, 0) is 4.79 Å². The van der Waals surface area contributed by atoms with Crippen molar-refractivity contribution < 1.29 is 9.59 Å². The second kappa shape index (κ2) is 7.39. The highest BCUT2D eigenvalue weighted by Gasteiger charge is 2.12. The third-order valence-electron chi connectivity index (χ3n) is 3.01. The van der Waals surface area contributed by atoms with E-state index in [2.05, 4.69) is 5.32 Å². The first kappa shape index (κ1) is 16.5. The molecule has 0 spiro atoms. The zero-order chi connectivity index (χ0) is 16.8. The number of Topliss-reactive ketones (excluding diaryl/α,β-unsaturated/α-hetero) is 1. The van der Waals surface area contributed by atoms with Crippen LogP contribution in [-0.4, -0.2) is 11.7 Å². The summed E-state index contributed by atoms with van der Waals surface area (Å²) in [6.45, 7) is 1.42. The first-order valence-corrected chi connectivity index (χ1v) is 7.17. The van der Waals surface area contributed by atoms with Crippen LogP contribution in [0.3, 0.4) is 0 Å². The molecule has 2 aromatic rings. The Morgan fingerprint density at radius 2 is 1.70 bits per heavy atom. The fraction of sp³-hybridized carbons (Fsp3) is 0.0556. The van der Waals surface area contributed by atoms with Crippen molar-refractivity contribution in [3.8, 4) is 6.07 Å². The molecule has 1 N–H and O–H groups in total. The molecule has 114 valence electrons. The van der Waals surface area contributed by atoms with E-state index in [0.29, 0.717) is 21.8 Å². The van der Waals surface area contributed by atoms with Gasteiger partial charge in [-0.15, -0.1) is 0 Å². The minimum Gasteiger partial charge on any atom is -0.326 e. The minimum absolute atomic E-state index is 0.0274. The van der Waals surface area contributed by atoms with Gasteiger partial charge in [0.25, 0.3) is 0 Å². The van der Waals surface area contributed by atoms with Gasteiger partial charge in [-0.25, -0.2) is 0 Å². The van der Waals surface area contributed by atoms with E-state index in [1.54, 1.807) is 48.5 Å². The summed E-state index contributed by atoms with van der Waals surface area (Å²) < 4.78 is 0. The number of halogens is 1. The van der Waals surface area contributed by atoms with E-state index in [1.165, 1.54) is 13.0 Å². The molecule has 0 fully saturated rings. The van der Waals surface area contributed by atoms with Gasteiger partial charge < -0.3 is 5.32 Å². The first-order valence-electron chi connectivity index (χ1n) is 6.79. The van der Waals surface area contributed by atoms with E-state index in [1.807, 2.05) is 6.07 Å². The van der Waals surface area contributed by atoms with Crippen LogP contribution in [0.4, 0.5) is 5.69 Å². The zero-order valence-corrected chi connectivity index (χ0v) is 13.1. The Labute approximate surface area is 139 Å². The Morgan fingerprint density at radius 1 is 1.09 bits per heavy atom. The number of nitrogens with zero attached hydrogens (tertiary/aromatic N) is 1. The van der Waals surface area contributed by atoms with Crippen molar-refractivity contribution in [2.75, 3.05) is 5.32 Å². The molecule has 0 saturated carbocycles. The van der Waals surface area contributed by atoms with Gasteiger partial charge in [0.1, 0.15) is 11.6 Å². The average Bonchev–Trinajstić information content (AvgIpc) is 2.53. The van der Waals surface area contributed by atoms with Gasteiger partial charge in [-0.2, -0.15) is 5.26 Å². The van der Waals surface area contributed by atoms with Gasteiger partial charge in [0.2, 0.25) is 11.7 Å². The Balaban J connectivity index is 2.24. The number of hydrogen-bond acceptors (Lipinski definition) is 3. The quantitative estimate of drug-likeness (QED) is 0.523. The summed E-state index contributed by atoms with van der Waals surface area (Å²) in [7, 11) is 0. The number of nitrogens with one attached hydrogen (secondary N) is 1. The van der Waals surface area contributed by atoms with E-state index in [-0.39, 0.29) is 17.3 Å². The van der Waals surface area contributed by atoms with E-state index in [4.69, 9.17) is 11.6 Å². The third-order valence-corrected chi connectivity index (χ3v) is 3.27. The Hall–Kier alpha value is -2.90. The Morgan fingerprint density at radius 3 is 2.22 bits per heavy atom. The SMILES string of the molecule is CC(=O)Nc1ccc(/C=C(\C#N)C(=O)c2ccc(Cl)cc2)cc1. The molecule has 0 aromatic heterocycles. The molecular weight excluding hydrogens is 312 g/mol. The number of benzene rings is 2. The lowest BCUT2D eigenvalue weighted by atomic mass is 10.0. The second-order valence-corrected chi connectivity index (χ2v) is 5.25. The summed E-state index contributed by atoms with van der Waals surface area (Å²) in [5.74, 6) is -0.529. The summed E-state index contributed by atoms with van der Waals surface area (Å²) in [5, 5.41) is 12.4. The summed E-state index contributed by atoms with van der Waals surface area (Å²) in [5.41, 5.74) is 1.77. The molecule has 0 aliphatic rings. The largest absolute Gasteiger partial charge is 0.326 e. The summed E-state index contributed by atoms with van der Waals surface area (Å²) in [4.78, 5) is 23.3. The topological polar surface area (TPSA) is 70.0 Å². The van der Waals surface area contributed by atoms with E-state index < -0.39 is 0 Å². The van der Waals surface area contributed by atoms with Crippen molar-refractivity contribution >= 4 is 35.1 Å². The maximum Gasteiger partial charge on any atom is 0.221 e. The third kappa shape index (κ3) is 4.53. The van der Waals surface area contributed by atoms with E-state index >= 15 is 0 Å².